The van der Waals surface area contributed by atoms with Crippen molar-refractivity contribution >= 4 is 38.5 Å². The Hall–Kier alpha value is 0.360. The molecule has 0 unspecified atom stereocenters. The van der Waals surface area contributed by atoms with Crippen LogP contribution in [0.15, 0.2) is 16.7 Å². The van der Waals surface area contributed by atoms with Crippen LogP contribution in [0.2, 0.25) is 0 Å². The van der Waals surface area contributed by atoms with Crippen molar-refractivity contribution < 1.29 is 0 Å². The Morgan fingerprint density at radius 2 is 2.33 bits per heavy atom. The van der Waals surface area contributed by atoms with E-state index in [4.69, 9.17) is 0 Å². The van der Waals surface area contributed by atoms with E-state index in [0.29, 0.717) is 0 Å². The van der Waals surface area contributed by atoms with E-state index < -0.39 is 0 Å². The molecule has 48 valence electrons. The Bertz CT molecular complexity index is 204. The Balaban J connectivity index is 3.25. The molecule has 0 saturated heterocycles. The normalized spacial score (nSPS) is 9.67. The Labute approximate surface area is 76.1 Å². The second-order valence-corrected chi connectivity index (χ2v) is 3.55. The first-order valence-corrected chi connectivity index (χ1v) is 4.35. The zero-order chi connectivity index (χ0) is 6.85. The van der Waals surface area contributed by atoms with E-state index in [2.05, 4.69) is 43.5 Å². The molecule has 1 aromatic heterocycles. The highest BCUT2D eigenvalue weighted by Crippen LogP contribution is 2.19. The minimum atomic E-state index is 1.02. The summed E-state index contributed by atoms with van der Waals surface area (Å²) in [7, 11) is 0. The Morgan fingerprint density at radius 3 is 2.78 bits per heavy atom. The molecule has 1 aromatic rings. The van der Waals surface area contributed by atoms with Crippen molar-refractivity contribution in [2.75, 3.05) is 0 Å². The van der Waals surface area contributed by atoms with Gasteiger partial charge in [-0.05, 0) is 57.1 Å². The molecule has 0 aliphatic rings. The van der Waals surface area contributed by atoms with Crippen LogP contribution in [-0.2, 0) is 0 Å². The summed E-state index contributed by atoms with van der Waals surface area (Å²) in [5.41, 5.74) is 1.23. The summed E-state index contributed by atoms with van der Waals surface area (Å²) in [6, 6.07) is 1.98. The Kier molecular flexibility index (Phi) is 2.46. The van der Waals surface area contributed by atoms with Gasteiger partial charge in [0.05, 0.1) is 4.47 Å². The van der Waals surface area contributed by atoms with Crippen molar-refractivity contribution in [2.45, 2.75) is 6.92 Å². The number of aromatic nitrogens is 1. The molecule has 0 amide bonds. The van der Waals surface area contributed by atoms with E-state index in [0.717, 1.165) is 8.17 Å². The van der Waals surface area contributed by atoms with Crippen molar-refractivity contribution in [1.82, 2.24) is 4.98 Å². The zero-order valence-electron chi connectivity index (χ0n) is 4.86. The number of halogens is 2. The number of hydrogen-bond acceptors (Lipinski definition) is 1. The summed E-state index contributed by atoms with van der Waals surface area (Å²) in [5.74, 6) is 0. The van der Waals surface area contributed by atoms with E-state index in [9.17, 15) is 0 Å². The molecule has 0 aliphatic carbocycles. The van der Waals surface area contributed by atoms with Gasteiger partial charge < -0.3 is 0 Å². The topological polar surface area (TPSA) is 12.9 Å². The summed E-state index contributed by atoms with van der Waals surface area (Å²) in [4.78, 5) is 4.08. The molecule has 0 atom stereocenters. The SMILES string of the molecule is Cc1ccnc(I)c1Br. The number of aryl methyl sites for hydroxylation is 1. The number of pyridine rings is 1. The third kappa shape index (κ3) is 1.64. The van der Waals surface area contributed by atoms with Gasteiger partial charge in [-0.2, -0.15) is 0 Å². The first-order chi connectivity index (χ1) is 4.22. The molecule has 9 heavy (non-hydrogen) atoms. The lowest BCUT2D eigenvalue weighted by molar-refractivity contribution is 1.21. The van der Waals surface area contributed by atoms with Crippen molar-refractivity contribution in [3.8, 4) is 0 Å². The number of hydrogen-bond donors (Lipinski definition) is 0. The molecule has 1 nitrogen and oxygen atoms in total. The fourth-order valence-corrected chi connectivity index (χ4v) is 1.33. The van der Waals surface area contributed by atoms with Crippen LogP contribution < -0.4 is 0 Å². The van der Waals surface area contributed by atoms with Crippen LogP contribution in [0.25, 0.3) is 0 Å². The minimum absolute atomic E-state index is 1.02. The number of nitrogens with zero attached hydrogens (tertiary/aromatic N) is 1. The highest BCUT2D eigenvalue weighted by Gasteiger charge is 1.97. The summed E-state index contributed by atoms with van der Waals surface area (Å²) in [5, 5.41) is 0. The van der Waals surface area contributed by atoms with Gasteiger partial charge in [-0.3, -0.25) is 0 Å². The highest BCUT2D eigenvalue weighted by atomic mass is 127. The zero-order valence-corrected chi connectivity index (χ0v) is 8.60. The van der Waals surface area contributed by atoms with Crippen LogP contribution in [-0.4, -0.2) is 4.98 Å². The lowest BCUT2D eigenvalue weighted by Gasteiger charge is -1.96. The van der Waals surface area contributed by atoms with Crippen molar-refractivity contribution in [3.63, 3.8) is 0 Å². The summed E-state index contributed by atoms with van der Waals surface area (Å²) < 4.78 is 2.12. The maximum Gasteiger partial charge on any atom is 0.115 e. The van der Waals surface area contributed by atoms with Crippen molar-refractivity contribution in [3.05, 3.63) is 26.0 Å². The van der Waals surface area contributed by atoms with Gasteiger partial charge in [0.1, 0.15) is 3.70 Å². The fourth-order valence-electron chi connectivity index (χ4n) is 0.507. The first-order valence-electron chi connectivity index (χ1n) is 2.48. The average Bonchev–Trinajstić information content (AvgIpc) is 1.83. The summed E-state index contributed by atoms with van der Waals surface area (Å²) >= 11 is 5.60. The number of rotatable bonds is 0. The standard InChI is InChI=1S/C6H5BrIN/c1-4-2-3-9-6(8)5(4)7/h2-3H,1H3. The van der Waals surface area contributed by atoms with Gasteiger partial charge in [0, 0.05) is 6.20 Å². The quantitative estimate of drug-likeness (QED) is 0.530. The van der Waals surface area contributed by atoms with Crippen LogP contribution in [0.1, 0.15) is 5.56 Å². The smallest absolute Gasteiger partial charge is 0.115 e. The van der Waals surface area contributed by atoms with E-state index >= 15 is 0 Å². The predicted octanol–water partition coefficient (Wildman–Crippen LogP) is 2.76. The van der Waals surface area contributed by atoms with Crippen LogP contribution in [0, 0.1) is 10.6 Å². The molecule has 1 rings (SSSR count). The molecule has 0 bridgehead atoms. The first kappa shape index (κ1) is 7.47. The minimum Gasteiger partial charge on any atom is -0.249 e. The van der Waals surface area contributed by atoms with Crippen molar-refractivity contribution in [2.24, 2.45) is 0 Å². The van der Waals surface area contributed by atoms with E-state index in [1.54, 1.807) is 0 Å². The fraction of sp³-hybridized carbons (Fsp3) is 0.167. The van der Waals surface area contributed by atoms with E-state index in [1.807, 2.05) is 19.2 Å². The third-order valence-electron chi connectivity index (χ3n) is 1.04. The predicted molar refractivity (Wildman–Crippen MR) is 49.4 cm³/mol. The molecule has 0 saturated carbocycles. The lowest BCUT2D eigenvalue weighted by atomic mass is 10.3. The molecule has 0 spiro atoms. The van der Waals surface area contributed by atoms with Crippen molar-refractivity contribution in [1.29, 1.82) is 0 Å². The van der Waals surface area contributed by atoms with Crippen LogP contribution in [0.3, 0.4) is 0 Å². The molecule has 1 heterocycles. The molecule has 0 aromatic carbocycles. The van der Waals surface area contributed by atoms with Gasteiger partial charge in [-0.1, -0.05) is 0 Å². The van der Waals surface area contributed by atoms with Gasteiger partial charge in [-0.15, -0.1) is 0 Å². The van der Waals surface area contributed by atoms with Crippen LogP contribution >= 0.6 is 38.5 Å². The monoisotopic (exact) mass is 297 g/mol. The Morgan fingerprint density at radius 1 is 1.67 bits per heavy atom. The maximum absolute atomic E-state index is 4.08. The van der Waals surface area contributed by atoms with Crippen LogP contribution in [0.5, 0.6) is 0 Å². The molecule has 0 aliphatic heterocycles. The molecular weight excluding hydrogens is 293 g/mol. The van der Waals surface area contributed by atoms with Gasteiger partial charge in [0.25, 0.3) is 0 Å². The second kappa shape index (κ2) is 2.96. The second-order valence-electron chi connectivity index (χ2n) is 1.73. The summed E-state index contributed by atoms with van der Waals surface area (Å²) in [6.07, 6.45) is 1.81. The molecule has 0 N–H and O–H groups in total. The van der Waals surface area contributed by atoms with E-state index in [1.165, 1.54) is 5.56 Å². The third-order valence-corrected chi connectivity index (χ3v) is 3.60. The van der Waals surface area contributed by atoms with Gasteiger partial charge in [0.15, 0.2) is 0 Å². The van der Waals surface area contributed by atoms with Gasteiger partial charge in [-0.25, -0.2) is 4.98 Å². The van der Waals surface area contributed by atoms with E-state index in [-0.39, 0.29) is 0 Å². The summed E-state index contributed by atoms with van der Waals surface area (Å²) in [6.45, 7) is 2.05. The maximum atomic E-state index is 4.08. The molecular formula is C6H5BrIN. The molecule has 3 heteroatoms. The average molecular weight is 298 g/mol. The van der Waals surface area contributed by atoms with Gasteiger partial charge >= 0.3 is 0 Å². The lowest BCUT2D eigenvalue weighted by Crippen LogP contribution is -1.83. The largest absolute Gasteiger partial charge is 0.249 e. The molecule has 0 fully saturated rings. The van der Waals surface area contributed by atoms with Crippen LogP contribution in [0.4, 0.5) is 0 Å². The highest BCUT2D eigenvalue weighted by molar-refractivity contribution is 14.1. The van der Waals surface area contributed by atoms with Gasteiger partial charge in [0.2, 0.25) is 0 Å². The molecule has 0 radical (unpaired) electrons.